The van der Waals surface area contributed by atoms with Gasteiger partial charge in [-0.25, -0.2) is 4.68 Å². The Hall–Kier alpha value is -2.52. The van der Waals surface area contributed by atoms with Crippen molar-refractivity contribution in [3.63, 3.8) is 0 Å². The average Bonchev–Trinajstić information content (AvgIpc) is 3.30. The number of nitrogens with zero attached hydrogens (tertiary/aromatic N) is 3. The molecule has 3 aromatic rings. The first-order valence-electron chi connectivity index (χ1n) is 8.79. The number of amides is 1. The van der Waals surface area contributed by atoms with Crippen LogP contribution in [0.15, 0.2) is 40.9 Å². The number of rotatable bonds is 8. The number of nitrogen functional groups attached to an aromatic ring is 1. The van der Waals surface area contributed by atoms with Crippen molar-refractivity contribution in [2.24, 2.45) is 0 Å². The quantitative estimate of drug-likeness (QED) is 0.432. The molecule has 0 unspecified atom stereocenters. The molecule has 0 aliphatic heterocycles. The number of hydrogen-bond acceptors (Lipinski definition) is 7. The van der Waals surface area contributed by atoms with Crippen LogP contribution < -0.4 is 15.9 Å². The molecule has 3 rings (SSSR count). The Bertz CT molecular complexity index is 920. The van der Waals surface area contributed by atoms with E-state index in [0.717, 1.165) is 21.8 Å². The Morgan fingerprint density at radius 2 is 2.04 bits per heavy atom. The van der Waals surface area contributed by atoms with E-state index >= 15 is 0 Å². The van der Waals surface area contributed by atoms with Gasteiger partial charge in [-0.2, -0.15) is 0 Å². The molecule has 9 heteroatoms. The fraction of sp³-hybridized carbons (Fsp3) is 0.316. The first-order chi connectivity index (χ1) is 13.5. The fourth-order valence-electron chi connectivity index (χ4n) is 2.69. The molecule has 0 bridgehead atoms. The number of thiophene rings is 1. The Morgan fingerprint density at radius 1 is 1.29 bits per heavy atom. The van der Waals surface area contributed by atoms with Crippen LogP contribution in [0.2, 0.25) is 0 Å². The van der Waals surface area contributed by atoms with Crippen molar-refractivity contribution in [1.82, 2.24) is 20.2 Å². The number of nitrogens with one attached hydrogen (secondary N) is 1. The number of benzene rings is 1. The van der Waals surface area contributed by atoms with Gasteiger partial charge < -0.3 is 15.9 Å². The summed E-state index contributed by atoms with van der Waals surface area (Å²) in [5.41, 5.74) is 2.10. The Kier molecular flexibility index (Phi) is 6.58. The maximum atomic E-state index is 12.2. The minimum atomic E-state index is -0.0813. The SMILES string of the molecule is Cc1cccc(C)c1OCc1nnc(SCC(=O)N[C@@H](C)c2cccs2)n1N. The van der Waals surface area contributed by atoms with Gasteiger partial charge in [-0.1, -0.05) is 36.0 Å². The van der Waals surface area contributed by atoms with Gasteiger partial charge in [-0.15, -0.1) is 21.5 Å². The van der Waals surface area contributed by atoms with Crippen LogP contribution in [0.5, 0.6) is 5.75 Å². The molecule has 28 heavy (non-hydrogen) atoms. The molecule has 148 valence electrons. The largest absolute Gasteiger partial charge is 0.485 e. The van der Waals surface area contributed by atoms with Crippen molar-refractivity contribution in [2.75, 3.05) is 11.6 Å². The number of ether oxygens (including phenoxy) is 1. The molecular weight excluding hydrogens is 394 g/mol. The van der Waals surface area contributed by atoms with E-state index in [1.807, 2.05) is 56.5 Å². The number of para-hydroxylation sites is 1. The highest BCUT2D eigenvalue weighted by Crippen LogP contribution is 2.24. The first-order valence-corrected chi connectivity index (χ1v) is 10.7. The van der Waals surface area contributed by atoms with Gasteiger partial charge >= 0.3 is 0 Å². The summed E-state index contributed by atoms with van der Waals surface area (Å²) in [6, 6.07) is 9.92. The van der Waals surface area contributed by atoms with Crippen molar-refractivity contribution in [2.45, 2.75) is 38.6 Å². The maximum Gasteiger partial charge on any atom is 0.230 e. The highest BCUT2D eigenvalue weighted by Gasteiger charge is 2.15. The smallest absolute Gasteiger partial charge is 0.230 e. The van der Waals surface area contributed by atoms with Gasteiger partial charge in [0.25, 0.3) is 0 Å². The fourth-order valence-corrected chi connectivity index (χ4v) is 4.11. The molecule has 0 fully saturated rings. The highest BCUT2D eigenvalue weighted by molar-refractivity contribution is 7.99. The van der Waals surface area contributed by atoms with E-state index in [9.17, 15) is 4.79 Å². The molecule has 1 atom stereocenters. The normalized spacial score (nSPS) is 12.0. The number of carbonyl (C=O) groups is 1. The van der Waals surface area contributed by atoms with Crippen molar-refractivity contribution in [3.05, 3.63) is 57.5 Å². The predicted octanol–water partition coefficient (Wildman–Crippen LogP) is 3.22. The predicted molar refractivity (Wildman–Crippen MR) is 112 cm³/mol. The summed E-state index contributed by atoms with van der Waals surface area (Å²) in [6.07, 6.45) is 0. The zero-order valence-electron chi connectivity index (χ0n) is 16.0. The number of nitrogens with two attached hydrogens (primary N) is 1. The standard InChI is InChI=1S/C19H23N5O2S2/c1-12-6-4-7-13(2)18(12)26-10-16-22-23-19(24(16)20)28-11-17(25)21-14(3)15-8-5-9-27-15/h4-9,14H,10-11,20H2,1-3H3,(H,21,25)/t14-/m0/s1. The second-order valence-corrected chi connectivity index (χ2v) is 8.29. The van der Waals surface area contributed by atoms with Gasteiger partial charge in [-0.05, 0) is 43.3 Å². The van der Waals surface area contributed by atoms with Crippen LogP contribution in [0.25, 0.3) is 0 Å². The molecule has 1 aromatic carbocycles. The third-order valence-corrected chi connectivity index (χ3v) is 6.17. The van der Waals surface area contributed by atoms with Gasteiger partial charge in [0.1, 0.15) is 12.4 Å². The molecule has 7 nitrogen and oxygen atoms in total. The molecule has 0 saturated carbocycles. The molecule has 0 radical (unpaired) electrons. The molecule has 2 aromatic heterocycles. The molecular formula is C19H23N5O2S2. The summed E-state index contributed by atoms with van der Waals surface area (Å²) in [6.45, 7) is 6.15. The van der Waals surface area contributed by atoms with Crippen LogP contribution in [0.1, 0.15) is 34.8 Å². The van der Waals surface area contributed by atoms with E-state index in [4.69, 9.17) is 10.6 Å². The van der Waals surface area contributed by atoms with Gasteiger partial charge in [0.05, 0.1) is 11.8 Å². The molecule has 0 saturated heterocycles. The van der Waals surface area contributed by atoms with Crippen LogP contribution in [0, 0.1) is 13.8 Å². The molecule has 2 heterocycles. The number of thioether (sulfide) groups is 1. The van der Waals surface area contributed by atoms with E-state index in [1.54, 1.807) is 11.3 Å². The molecule has 1 amide bonds. The number of aryl methyl sites for hydroxylation is 2. The van der Waals surface area contributed by atoms with Crippen LogP contribution in [0.4, 0.5) is 0 Å². The molecule has 0 aliphatic carbocycles. The van der Waals surface area contributed by atoms with Crippen molar-refractivity contribution in [1.29, 1.82) is 0 Å². The topological polar surface area (TPSA) is 95.1 Å². The van der Waals surface area contributed by atoms with E-state index in [-0.39, 0.29) is 24.3 Å². The van der Waals surface area contributed by atoms with E-state index < -0.39 is 0 Å². The lowest BCUT2D eigenvalue weighted by Crippen LogP contribution is -2.28. The minimum absolute atomic E-state index is 0.0230. The third-order valence-electron chi connectivity index (χ3n) is 4.17. The van der Waals surface area contributed by atoms with Gasteiger partial charge in [0, 0.05) is 4.88 Å². The summed E-state index contributed by atoms with van der Waals surface area (Å²) >= 11 is 2.86. The van der Waals surface area contributed by atoms with Crippen LogP contribution >= 0.6 is 23.1 Å². The Labute approximate surface area is 172 Å². The zero-order chi connectivity index (χ0) is 20.1. The van der Waals surface area contributed by atoms with E-state index in [1.165, 1.54) is 16.4 Å². The molecule has 0 spiro atoms. The summed E-state index contributed by atoms with van der Waals surface area (Å²) in [4.78, 5) is 13.3. The lowest BCUT2D eigenvalue weighted by atomic mass is 10.1. The summed E-state index contributed by atoms with van der Waals surface area (Å²) in [5.74, 6) is 7.52. The highest BCUT2D eigenvalue weighted by atomic mass is 32.2. The molecule has 3 N–H and O–H groups in total. The number of hydrogen-bond donors (Lipinski definition) is 2. The third kappa shape index (κ3) is 4.85. The maximum absolute atomic E-state index is 12.2. The lowest BCUT2D eigenvalue weighted by Gasteiger charge is -2.12. The summed E-state index contributed by atoms with van der Waals surface area (Å²) in [5, 5.41) is 13.6. The number of carbonyl (C=O) groups excluding carboxylic acids is 1. The second kappa shape index (κ2) is 9.11. The van der Waals surface area contributed by atoms with Crippen molar-refractivity contribution in [3.8, 4) is 5.75 Å². The average molecular weight is 418 g/mol. The summed E-state index contributed by atoms with van der Waals surface area (Å²) < 4.78 is 7.25. The minimum Gasteiger partial charge on any atom is -0.485 e. The first kappa shape index (κ1) is 20.2. The van der Waals surface area contributed by atoms with Crippen LogP contribution in [0.3, 0.4) is 0 Å². The van der Waals surface area contributed by atoms with Gasteiger partial charge in [-0.3, -0.25) is 4.79 Å². The van der Waals surface area contributed by atoms with Crippen molar-refractivity contribution >= 4 is 29.0 Å². The van der Waals surface area contributed by atoms with Gasteiger partial charge in [0.15, 0.2) is 5.82 Å². The second-order valence-electron chi connectivity index (χ2n) is 6.37. The summed E-state index contributed by atoms with van der Waals surface area (Å²) in [7, 11) is 0. The van der Waals surface area contributed by atoms with Gasteiger partial charge in [0.2, 0.25) is 11.1 Å². The van der Waals surface area contributed by atoms with Crippen LogP contribution in [-0.2, 0) is 11.4 Å². The van der Waals surface area contributed by atoms with Crippen molar-refractivity contribution < 1.29 is 9.53 Å². The number of aromatic nitrogens is 3. The molecule has 0 aliphatic rings. The Morgan fingerprint density at radius 3 is 2.71 bits per heavy atom. The van der Waals surface area contributed by atoms with Crippen LogP contribution in [-0.4, -0.2) is 26.5 Å². The van der Waals surface area contributed by atoms with E-state index in [2.05, 4.69) is 15.5 Å². The monoisotopic (exact) mass is 417 g/mol. The van der Waals surface area contributed by atoms with E-state index in [0.29, 0.717) is 11.0 Å². The Balaban J connectivity index is 1.53. The lowest BCUT2D eigenvalue weighted by molar-refractivity contribution is -0.119. The zero-order valence-corrected chi connectivity index (χ0v) is 17.6.